The first-order valence-corrected chi connectivity index (χ1v) is 13.4. The standard InChI is InChI=1S/C26H30ClN3O3.C2HF3O2/c27-21-10-6-18(7-11-21)24(31)29-23-12-8-20(9-13-23)26(33)30-16-14-19(15-17-30)25(32)28-22-4-2-1-3-5-22;3-2(4,5)1(6)7/h6-13,19,22H,1-5,14-17H2,(H,28,32)(H,29,31);(H,6,7). The Morgan fingerprint density at radius 2 is 1.35 bits per heavy atom. The van der Waals surface area contributed by atoms with Crippen molar-refractivity contribution in [1.29, 1.82) is 0 Å². The van der Waals surface area contributed by atoms with E-state index in [0.29, 0.717) is 53.8 Å². The Hall–Kier alpha value is -3.60. The van der Waals surface area contributed by atoms with E-state index in [2.05, 4.69) is 10.6 Å². The maximum atomic E-state index is 12.9. The van der Waals surface area contributed by atoms with Gasteiger partial charge in [0, 0.05) is 46.9 Å². The molecule has 1 saturated carbocycles. The fourth-order valence-electron chi connectivity index (χ4n) is 4.59. The molecule has 12 heteroatoms. The Balaban J connectivity index is 0.000000559. The number of carbonyl (C=O) groups excluding carboxylic acids is 3. The number of anilines is 1. The van der Waals surface area contributed by atoms with Crippen LogP contribution in [0.15, 0.2) is 48.5 Å². The summed E-state index contributed by atoms with van der Waals surface area (Å²) in [6.07, 6.45) is 2.13. The number of hydrogen-bond acceptors (Lipinski definition) is 4. The Kier molecular flexibility index (Phi) is 10.9. The second-order valence-electron chi connectivity index (χ2n) is 9.75. The average molecular weight is 582 g/mol. The predicted octanol–water partition coefficient (Wildman–Crippen LogP) is 5.53. The number of piperidine rings is 1. The third-order valence-corrected chi connectivity index (χ3v) is 7.10. The number of nitrogens with one attached hydrogen (secondary N) is 2. The van der Waals surface area contributed by atoms with Gasteiger partial charge in [0.15, 0.2) is 0 Å². The number of hydrogen-bond donors (Lipinski definition) is 3. The van der Waals surface area contributed by atoms with Crippen molar-refractivity contribution in [2.24, 2.45) is 5.92 Å². The highest BCUT2D eigenvalue weighted by Crippen LogP contribution is 2.23. The van der Waals surface area contributed by atoms with E-state index in [1.165, 1.54) is 19.3 Å². The minimum absolute atomic E-state index is 0.0126. The summed E-state index contributed by atoms with van der Waals surface area (Å²) in [5.74, 6) is -2.90. The van der Waals surface area contributed by atoms with Crippen LogP contribution < -0.4 is 10.6 Å². The number of nitrogens with zero attached hydrogens (tertiary/aromatic N) is 1. The molecule has 3 amide bonds. The van der Waals surface area contributed by atoms with Gasteiger partial charge in [-0.25, -0.2) is 4.79 Å². The number of carboxylic acid groups (broad SMARTS) is 1. The molecule has 1 heterocycles. The van der Waals surface area contributed by atoms with E-state index < -0.39 is 12.1 Å². The van der Waals surface area contributed by atoms with Gasteiger partial charge in [-0.05, 0) is 74.2 Å². The zero-order chi connectivity index (χ0) is 29.3. The topological polar surface area (TPSA) is 116 Å². The summed E-state index contributed by atoms with van der Waals surface area (Å²) in [7, 11) is 0. The van der Waals surface area contributed by atoms with Crippen molar-refractivity contribution in [1.82, 2.24) is 10.2 Å². The number of amides is 3. The fourth-order valence-corrected chi connectivity index (χ4v) is 4.72. The molecule has 1 aliphatic carbocycles. The van der Waals surface area contributed by atoms with Crippen LogP contribution in [0, 0.1) is 5.92 Å². The summed E-state index contributed by atoms with van der Waals surface area (Å²) in [5, 5.41) is 13.7. The first-order valence-electron chi connectivity index (χ1n) is 13.0. The van der Waals surface area contributed by atoms with Crippen molar-refractivity contribution in [3.8, 4) is 0 Å². The third kappa shape index (κ3) is 9.25. The highest BCUT2D eigenvalue weighted by molar-refractivity contribution is 6.30. The van der Waals surface area contributed by atoms with Gasteiger partial charge in [-0.3, -0.25) is 14.4 Å². The molecule has 0 unspecified atom stereocenters. The largest absolute Gasteiger partial charge is 0.490 e. The van der Waals surface area contributed by atoms with Gasteiger partial charge >= 0.3 is 12.1 Å². The lowest BCUT2D eigenvalue weighted by molar-refractivity contribution is -0.192. The van der Waals surface area contributed by atoms with Crippen molar-refractivity contribution in [3.63, 3.8) is 0 Å². The summed E-state index contributed by atoms with van der Waals surface area (Å²) >= 11 is 5.86. The van der Waals surface area contributed by atoms with Crippen LogP contribution in [-0.4, -0.2) is 59.0 Å². The van der Waals surface area contributed by atoms with Gasteiger partial charge in [-0.1, -0.05) is 30.9 Å². The Morgan fingerprint density at radius 3 is 1.88 bits per heavy atom. The molecule has 0 radical (unpaired) electrons. The molecule has 0 spiro atoms. The molecule has 2 aromatic rings. The summed E-state index contributed by atoms with van der Waals surface area (Å²) in [4.78, 5) is 48.6. The molecule has 216 valence electrons. The van der Waals surface area contributed by atoms with Gasteiger partial charge in [-0.2, -0.15) is 13.2 Å². The second kappa shape index (κ2) is 14.2. The Bertz CT molecular complexity index is 1180. The van der Waals surface area contributed by atoms with Crippen LogP contribution >= 0.6 is 11.6 Å². The number of alkyl halides is 3. The minimum atomic E-state index is -5.08. The highest BCUT2D eigenvalue weighted by atomic mass is 35.5. The first kappa shape index (κ1) is 30.9. The first-order chi connectivity index (χ1) is 18.9. The van der Waals surface area contributed by atoms with E-state index in [0.717, 1.165) is 12.8 Å². The molecular weight excluding hydrogens is 551 g/mol. The second-order valence-corrected chi connectivity index (χ2v) is 10.2. The van der Waals surface area contributed by atoms with Crippen molar-refractivity contribution >= 4 is 41.0 Å². The molecule has 8 nitrogen and oxygen atoms in total. The Labute approximate surface area is 234 Å². The molecule has 2 aromatic carbocycles. The van der Waals surface area contributed by atoms with Crippen LogP contribution in [0.2, 0.25) is 5.02 Å². The molecule has 0 aromatic heterocycles. The molecule has 1 aliphatic heterocycles. The van der Waals surface area contributed by atoms with E-state index in [1.807, 2.05) is 4.90 Å². The van der Waals surface area contributed by atoms with E-state index in [4.69, 9.17) is 21.5 Å². The zero-order valence-corrected chi connectivity index (χ0v) is 22.4. The molecule has 4 rings (SSSR count). The van der Waals surface area contributed by atoms with Gasteiger partial charge < -0.3 is 20.6 Å². The van der Waals surface area contributed by atoms with Crippen LogP contribution in [0.3, 0.4) is 0 Å². The minimum Gasteiger partial charge on any atom is -0.475 e. The monoisotopic (exact) mass is 581 g/mol. The van der Waals surface area contributed by atoms with E-state index in [1.54, 1.807) is 48.5 Å². The number of aliphatic carboxylic acids is 1. The van der Waals surface area contributed by atoms with Crippen LogP contribution in [0.1, 0.15) is 65.7 Å². The summed E-state index contributed by atoms with van der Waals surface area (Å²) in [6.45, 7) is 1.16. The molecule has 0 atom stereocenters. The summed E-state index contributed by atoms with van der Waals surface area (Å²) in [5.41, 5.74) is 1.70. The number of rotatable bonds is 5. The highest BCUT2D eigenvalue weighted by Gasteiger charge is 2.38. The molecule has 2 aliphatic rings. The lowest BCUT2D eigenvalue weighted by atomic mass is 9.92. The number of likely N-dealkylation sites (tertiary alicyclic amines) is 1. The van der Waals surface area contributed by atoms with Gasteiger partial charge in [0.05, 0.1) is 0 Å². The van der Waals surface area contributed by atoms with Gasteiger partial charge in [-0.15, -0.1) is 0 Å². The van der Waals surface area contributed by atoms with E-state index >= 15 is 0 Å². The maximum Gasteiger partial charge on any atom is 0.490 e. The molecule has 2 fully saturated rings. The number of halogens is 4. The molecule has 3 N–H and O–H groups in total. The smallest absolute Gasteiger partial charge is 0.475 e. The van der Waals surface area contributed by atoms with Gasteiger partial charge in [0.1, 0.15) is 0 Å². The molecule has 40 heavy (non-hydrogen) atoms. The SMILES string of the molecule is O=C(Nc1ccc(C(=O)N2CCC(C(=O)NC3CCCCC3)CC2)cc1)c1ccc(Cl)cc1.O=C(O)C(F)(F)F. The van der Waals surface area contributed by atoms with Crippen LogP contribution in [0.5, 0.6) is 0 Å². The van der Waals surface area contributed by atoms with Gasteiger partial charge in [0.2, 0.25) is 5.91 Å². The van der Waals surface area contributed by atoms with Crippen LogP contribution in [0.4, 0.5) is 18.9 Å². The quantitative estimate of drug-likeness (QED) is 0.430. The molecule has 1 saturated heterocycles. The lowest BCUT2D eigenvalue weighted by Crippen LogP contribution is -2.45. The van der Waals surface area contributed by atoms with E-state index in [9.17, 15) is 27.6 Å². The number of benzene rings is 2. The Morgan fingerprint density at radius 1 is 0.825 bits per heavy atom. The van der Waals surface area contributed by atoms with E-state index in [-0.39, 0.29) is 23.6 Å². The summed E-state index contributed by atoms with van der Waals surface area (Å²) in [6, 6.07) is 13.9. The van der Waals surface area contributed by atoms with Crippen molar-refractivity contribution in [2.45, 2.75) is 57.2 Å². The zero-order valence-electron chi connectivity index (χ0n) is 21.7. The van der Waals surface area contributed by atoms with Crippen LogP contribution in [0.25, 0.3) is 0 Å². The predicted molar refractivity (Wildman–Crippen MR) is 143 cm³/mol. The fraction of sp³-hybridized carbons (Fsp3) is 0.429. The summed E-state index contributed by atoms with van der Waals surface area (Å²) < 4.78 is 31.7. The maximum absolute atomic E-state index is 12.9. The van der Waals surface area contributed by atoms with Crippen molar-refractivity contribution in [3.05, 3.63) is 64.7 Å². The van der Waals surface area contributed by atoms with Gasteiger partial charge in [0.25, 0.3) is 11.8 Å². The third-order valence-electron chi connectivity index (χ3n) is 6.84. The lowest BCUT2D eigenvalue weighted by Gasteiger charge is -2.33. The molecular formula is C28H31ClF3N3O5. The van der Waals surface area contributed by atoms with Crippen molar-refractivity contribution in [2.75, 3.05) is 18.4 Å². The average Bonchev–Trinajstić information content (AvgIpc) is 2.94. The molecule has 0 bridgehead atoms. The number of carbonyl (C=O) groups is 4. The normalized spacial score (nSPS) is 16.4. The van der Waals surface area contributed by atoms with Crippen molar-refractivity contribution < 1.29 is 37.5 Å². The number of carboxylic acids is 1. The van der Waals surface area contributed by atoms with Crippen LogP contribution in [-0.2, 0) is 9.59 Å².